The third kappa shape index (κ3) is 2.62. The van der Waals surface area contributed by atoms with E-state index in [2.05, 4.69) is 10.3 Å². The van der Waals surface area contributed by atoms with Crippen LogP contribution in [-0.4, -0.2) is 31.8 Å². The topological polar surface area (TPSA) is 85.1 Å². The van der Waals surface area contributed by atoms with Gasteiger partial charge in [-0.1, -0.05) is 17.3 Å². The molecule has 0 aliphatic rings. The molecule has 1 aromatic heterocycles. The van der Waals surface area contributed by atoms with E-state index in [1.54, 1.807) is 24.3 Å². The van der Waals surface area contributed by atoms with Crippen LogP contribution in [0.25, 0.3) is 10.9 Å². The Morgan fingerprint density at radius 3 is 2.94 bits per heavy atom. The van der Waals surface area contributed by atoms with Gasteiger partial charge in [-0.15, -0.1) is 16.9 Å². The van der Waals surface area contributed by atoms with Gasteiger partial charge in [-0.05, 0) is 12.1 Å². The van der Waals surface area contributed by atoms with E-state index in [9.17, 15) is 9.59 Å². The molecule has 7 heteroatoms. The van der Waals surface area contributed by atoms with E-state index in [0.717, 1.165) is 16.4 Å². The van der Waals surface area contributed by atoms with E-state index in [1.165, 1.54) is 0 Å². The number of benzene rings is 1. The molecule has 0 amide bonds. The standard InChI is InChI=1S/C10H9N3O3S/c14-9(15)5-17-6-13-10(16)7-3-1-2-4-8(7)11-12-13/h1-4H,5-6H2,(H,14,15). The molecular weight excluding hydrogens is 242 g/mol. The Kier molecular flexibility index (Phi) is 3.38. The van der Waals surface area contributed by atoms with Crippen LogP contribution in [0.1, 0.15) is 0 Å². The summed E-state index contributed by atoms with van der Waals surface area (Å²) in [6.45, 7) is 0. The van der Waals surface area contributed by atoms with Gasteiger partial charge in [-0.3, -0.25) is 9.59 Å². The highest BCUT2D eigenvalue weighted by Crippen LogP contribution is 2.05. The van der Waals surface area contributed by atoms with Crippen LogP contribution in [0.3, 0.4) is 0 Å². The highest BCUT2D eigenvalue weighted by Gasteiger charge is 2.05. The number of hydrogen-bond donors (Lipinski definition) is 1. The van der Waals surface area contributed by atoms with Crippen molar-refractivity contribution < 1.29 is 9.90 Å². The minimum atomic E-state index is -0.920. The summed E-state index contributed by atoms with van der Waals surface area (Å²) in [5.74, 6) is -0.805. The Morgan fingerprint density at radius 2 is 2.18 bits per heavy atom. The summed E-state index contributed by atoms with van der Waals surface area (Å²) in [7, 11) is 0. The van der Waals surface area contributed by atoms with Crippen LogP contribution in [0.2, 0.25) is 0 Å². The molecule has 6 nitrogen and oxygen atoms in total. The molecule has 17 heavy (non-hydrogen) atoms. The summed E-state index contributed by atoms with van der Waals surface area (Å²) in [5.41, 5.74) is 0.283. The largest absolute Gasteiger partial charge is 0.481 e. The molecule has 2 rings (SSSR count). The molecule has 0 saturated carbocycles. The van der Waals surface area contributed by atoms with E-state index < -0.39 is 5.97 Å². The lowest BCUT2D eigenvalue weighted by Crippen LogP contribution is -2.23. The molecule has 1 heterocycles. The zero-order valence-corrected chi connectivity index (χ0v) is 9.55. The quantitative estimate of drug-likeness (QED) is 0.855. The summed E-state index contributed by atoms with van der Waals surface area (Å²) >= 11 is 1.10. The van der Waals surface area contributed by atoms with Crippen LogP contribution in [-0.2, 0) is 10.7 Å². The second kappa shape index (κ2) is 4.96. The summed E-state index contributed by atoms with van der Waals surface area (Å²) in [6.07, 6.45) is 0. The van der Waals surface area contributed by atoms with E-state index >= 15 is 0 Å². The van der Waals surface area contributed by atoms with Gasteiger partial charge in [0.1, 0.15) is 5.52 Å². The predicted molar refractivity (Wildman–Crippen MR) is 63.9 cm³/mol. The number of aliphatic carboxylic acids is 1. The minimum absolute atomic E-state index is 0.0685. The smallest absolute Gasteiger partial charge is 0.313 e. The van der Waals surface area contributed by atoms with Gasteiger partial charge in [0.05, 0.1) is 17.0 Å². The predicted octanol–water partition coefficient (Wildman–Crippen LogP) is 0.567. The van der Waals surface area contributed by atoms with Crippen LogP contribution >= 0.6 is 11.8 Å². The number of rotatable bonds is 4. The molecule has 2 aromatic rings. The lowest BCUT2D eigenvalue weighted by Gasteiger charge is -2.02. The number of fused-ring (bicyclic) bond motifs is 1. The molecule has 1 N–H and O–H groups in total. The summed E-state index contributed by atoms with van der Waals surface area (Å²) < 4.78 is 1.16. The Balaban J connectivity index is 2.27. The summed E-state index contributed by atoms with van der Waals surface area (Å²) in [6, 6.07) is 6.91. The zero-order chi connectivity index (χ0) is 12.3. The Bertz CT molecular complexity index is 611. The average Bonchev–Trinajstić information content (AvgIpc) is 2.32. The second-order valence-electron chi connectivity index (χ2n) is 3.28. The van der Waals surface area contributed by atoms with E-state index in [1.807, 2.05) is 0 Å². The van der Waals surface area contributed by atoms with Crippen molar-refractivity contribution in [3.8, 4) is 0 Å². The molecule has 88 valence electrons. The van der Waals surface area contributed by atoms with Crippen LogP contribution in [0.5, 0.6) is 0 Å². The van der Waals surface area contributed by atoms with Crippen molar-refractivity contribution in [3.05, 3.63) is 34.6 Å². The van der Waals surface area contributed by atoms with Crippen molar-refractivity contribution in [1.82, 2.24) is 15.0 Å². The monoisotopic (exact) mass is 251 g/mol. The van der Waals surface area contributed by atoms with Gasteiger partial charge >= 0.3 is 5.97 Å². The second-order valence-corrected chi connectivity index (χ2v) is 4.24. The molecule has 0 saturated heterocycles. The number of carbonyl (C=O) groups is 1. The first-order chi connectivity index (χ1) is 8.18. The first-order valence-corrected chi connectivity index (χ1v) is 5.96. The number of carboxylic acid groups (broad SMARTS) is 1. The van der Waals surface area contributed by atoms with Crippen molar-refractivity contribution in [1.29, 1.82) is 0 Å². The fraction of sp³-hybridized carbons (Fsp3) is 0.200. The molecule has 0 atom stereocenters. The van der Waals surface area contributed by atoms with Gasteiger partial charge in [-0.2, -0.15) is 0 Å². The minimum Gasteiger partial charge on any atom is -0.481 e. The van der Waals surface area contributed by atoms with Gasteiger partial charge in [0.15, 0.2) is 0 Å². The normalized spacial score (nSPS) is 10.6. The van der Waals surface area contributed by atoms with Gasteiger partial charge in [0.25, 0.3) is 5.56 Å². The van der Waals surface area contributed by atoms with Gasteiger partial charge < -0.3 is 5.11 Å². The molecule has 1 aromatic carbocycles. The van der Waals surface area contributed by atoms with Crippen LogP contribution in [0, 0.1) is 0 Å². The maximum Gasteiger partial charge on any atom is 0.313 e. The third-order valence-corrected chi connectivity index (χ3v) is 2.95. The zero-order valence-electron chi connectivity index (χ0n) is 8.74. The highest BCUT2D eigenvalue weighted by molar-refractivity contribution is 7.98. The first-order valence-electron chi connectivity index (χ1n) is 4.80. The fourth-order valence-electron chi connectivity index (χ4n) is 1.33. The maximum atomic E-state index is 11.9. The average molecular weight is 251 g/mol. The molecule has 0 bridgehead atoms. The third-order valence-electron chi connectivity index (χ3n) is 2.07. The molecule has 0 aliphatic heterocycles. The lowest BCUT2D eigenvalue weighted by molar-refractivity contribution is -0.133. The van der Waals surface area contributed by atoms with Crippen molar-refractivity contribution in [3.63, 3.8) is 0 Å². The van der Waals surface area contributed by atoms with Crippen LogP contribution in [0.15, 0.2) is 29.1 Å². The van der Waals surface area contributed by atoms with E-state index in [4.69, 9.17) is 5.11 Å². The summed E-state index contributed by atoms with van der Waals surface area (Å²) in [5, 5.41) is 16.6. The number of nitrogens with zero attached hydrogens (tertiary/aromatic N) is 3. The Morgan fingerprint density at radius 1 is 1.41 bits per heavy atom. The van der Waals surface area contributed by atoms with E-state index in [-0.39, 0.29) is 17.2 Å². The molecular formula is C10H9N3O3S. The van der Waals surface area contributed by atoms with Gasteiger partial charge in [0, 0.05) is 0 Å². The number of aromatic nitrogens is 3. The molecule has 0 fully saturated rings. The van der Waals surface area contributed by atoms with Crippen molar-refractivity contribution in [2.75, 3.05) is 5.75 Å². The lowest BCUT2D eigenvalue weighted by atomic mass is 10.2. The number of hydrogen-bond acceptors (Lipinski definition) is 5. The van der Waals surface area contributed by atoms with Crippen molar-refractivity contribution >= 4 is 28.6 Å². The summed E-state index contributed by atoms with van der Waals surface area (Å²) in [4.78, 5) is 22.2. The van der Waals surface area contributed by atoms with Crippen molar-refractivity contribution in [2.45, 2.75) is 5.88 Å². The Labute approximate surface area is 100 Å². The fourth-order valence-corrected chi connectivity index (χ4v) is 1.94. The molecule has 0 aliphatic carbocycles. The van der Waals surface area contributed by atoms with Crippen molar-refractivity contribution in [2.24, 2.45) is 0 Å². The van der Waals surface area contributed by atoms with Gasteiger partial charge in [-0.25, -0.2) is 4.68 Å². The molecule has 0 spiro atoms. The van der Waals surface area contributed by atoms with Gasteiger partial charge in [0.2, 0.25) is 0 Å². The molecule has 0 radical (unpaired) electrons. The highest BCUT2D eigenvalue weighted by atomic mass is 32.2. The Hall–Kier alpha value is -1.89. The molecule has 0 unspecified atom stereocenters. The van der Waals surface area contributed by atoms with Crippen LogP contribution < -0.4 is 5.56 Å². The van der Waals surface area contributed by atoms with Crippen LogP contribution in [0.4, 0.5) is 0 Å². The van der Waals surface area contributed by atoms with E-state index in [0.29, 0.717) is 10.9 Å². The number of thioether (sulfide) groups is 1. The number of carboxylic acids is 1. The maximum absolute atomic E-state index is 11.9. The first kappa shape index (κ1) is 11.6. The SMILES string of the molecule is O=C(O)CSCn1nnc2ccccc2c1=O.